The quantitative estimate of drug-likeness (QED) is 0.846. The fraction of sp³-hybridized carbons (Fsp3) is 0.467. The van der Waals surface area contributed by atoms with Crippen molar-refractivity contribution in [3.63, 3.8) is 0 Å². The van der Waals surface area contributed by atoms with E-state index in [0.29, 0.717) is 36.6 Å². The molecule has 1 fully saturated rings. The minimum Gasteiger partial charge on any atom is -0.339 e. The summed E-state index contributed by atoms with van der Waals surface area (Å²) in [4.78, 5) is 28.6. The number of hydrogen-bond acceptors (Lipinski definition) is 3. The van der Waals surface area contributed by atoms with E-state index in [1.807, 2.05) is 36.9 Å². The van der Waals surface area contributed by atoms with Crippen LogP contribution < -0.4 is 0 Å². The maximum absolute atomic E-state index is 12.4. The third-order valence-corrected chi connectivity index (χ3v) is 3.90. The summed E-state index contributed by atoms with van der Waals surface area (Å²) in [6.45, 7) is 6.18. The topological polar surface area (TPSA) is 40.6 Å². The molecule has 1 saturated heterocycles. The molecule has 1 aromatic carbocycles. The molecule has 0 unspecified atom stereocenters. The second kappa shape index (κ2) is 6.31. The summed E-state index contributed by atoms with van der Waals surface area (Å²) in [6, 6.07) is 7.30. The first kappa shape index (κ1) is 14.9. The molecule has 1 aliphatic rings. The molecule has 0 aromatic heterocycles. The van der Waals surface area contributed by atoms with Gasteiger partial charge in [0, 0.05) is 37.0 Å². The van der Waals surface area contributed by atoms with Gasteiger partial charge in [-0.1, -0.05) is 26.0 Å². The summed E-state index contributed by atoms with van der Waals surface area (Å²) in [7, 11) is 0. The number of benzene rings is 1. The Morgan fingerprint density at radius 3 is 2.15 bits per heavy atom. The fourth-order valence-corrected chi connectivity index (χ4v) is 2.58. The van der Waals surface area contributed by atoms with Crippen LogP contribution in [0.1, 0.15) is 24.2 Å². The first-order chi connectivity index (χ1) is 9.50. The standard InChI is InChI=1S/C15H20N2O2S/c1-11(2)14(18)16-7-9-17(10-8-16)15(19)12-5-3-4-6-13(12)20/h3-6,11,20H,7-10H2,1-2H3. The number of nitrogens with zero attached hydrogens (tertiary/aromatic N) is 2. The van der Waals surface area contributed by atoms with Gasteiger partial charge in [0.25, 0.3) is 5.91 Å². The van der Waals surface area contributed by atoms with Gasteiger partial charge in [0.15, 0.2) is 0 Å². The van der Waals surface area contributed by atoms with Gasteiger partial charge in [0.2, 0.25) is 5.91 Å². The van der Waals surface area contributed by atoms with Crippen molar-refractivity contribution in [2.45, 2.75) is 18.7 Å². The van der Waals surface area contributed by atoms with Gasteiger partial charge in [-0.15, -0.1) is 12.6 Å². The van der Waals surface area contributed by atoms with E-state index in [1.165, 1.54) is 0 Å². The third-order valence-electron chi connectivity index (χ3n) is 3.51. The van der Waals surface area contributed by atoms with Crippen molar-refractivity contribution in [3.05, 3.63) is 29.8 Å². The normalized spacial score (nSPS) is 15.6. The molecule has 0 aliphatic carbocycles. The summed E-state index contributed by atoms with van der Waals surface area (Å²) < 4.78 is 0. The van der Waals surface area contributed by atoms with Gasteiger partial charge in [-0.05, 0) is 12.1 Å². The van der Waals surface area contributed by atoms with Crippen LogP contribution in [0.4, 0.5) is 0 Å². The maximum atomic E-state index is 12.4. The lowest BCUT2D eigenvalue weighted by molar-refractivity contribution is -0.135. The fourth-order valence-electron chi connectivity index (χ4n) is 2.32. The van der Waals surface area contributed by atoms with Gasteiger partial charge >= 0.3 is 0 Å². The molecule has 0 atom stereocenters. The summed E-state index contributed by atoms with van der Waals surface area (Å²) in [5, 5.41) is 0. The molecule has 4 nitrogen and oxygen atoms in total. The van der Waals surface area contributed by atoms with E-state index in [4.69, 9.17) is 0 Å². The van der Waals surface area contributed by atoms with Crippen molar-refractivity contribution in [1.82, 2.24) is 9.80 Å². The molecule has 2 amide bonds. The van der Waals surface area contributed by atoms with E-state index in [9.17, 15) is 9.59 Å². The molecular formula is C15H20N2O2S. The van der Waals surface area contributed by atoms with Crippen molar-refractivity contribution >= 4 is 24.4 Å². The SMILES string of the molecule is CC(C)C(=O)N1CCN(C(=O)c2ccccc2S)CC1. The van der Waals surface area contributed by atoms with Crippen LogP contribution in [0.5, 0.6) is 0 Å². The first-order valence-corrected chi connectivity index (χ1v) is 7.31. The van der Waals surface area contributed by atoms with Crippen molar-refractivity contribution in [1.29, 1.82) is 0 Å². The van der Waals surface area contributed by atoms with E-state index in [2.05, 4.69) is 12.6 Å². The van der Waals surface area contributed by atoms with Crippen LogP contribution in [-0.2, 0) is 4.79 Å². The summed E-state index contributed by atoms with van der Waals surface area (Å²) in [5.41, 5.74) is 0.625. The number of carbonyl (C=O) groups is 2. The summed E-state index contributed by atoms with van der Waals surface area (Å²) in [5.74, 6) is 0.161. The first-order valence-electron chi connectivity index (χ1n) is 6.86. The monoisotopic (exact) mass is 292 g/mol. The Kier molecular flexibility index (Phi) is 4.70. The molecule has 0 spiro atoms. The van der Waals surface area contributed by atoms with E-state index < -0.39 is 0 Å². The number of carbonyl (C=O) groups excluding carboxylic acids is 2. The Hall–Kier alpha value is -1.49. The van der Waals surface area contributed by atoms with Gasteiger partial charge in [-0.3, -0.25) is 9.59 Å². The van der Waals surface area contributed by atoms with Gasteiger partial charge in [-0.25, -0.2) is 0 Å². The molecule has 108 valence electrons. The predicted molar refractivity (Wildman–Crippen MR) is 81.0 cm³/mol. The Balaban J connectivity index is 1.99. The molecule has 2 rings (SSSR count). The minimum absolute atomic E-state index is 0.00718. The van der Waals surface area contributed by atoms with Crippen LogP contribution in [-0.4, -0.2) is 47.8 Å². The maximum Gasteiger partial charge on any atom is 0.255 e. The van der Waals surface area contributed by atoms with Gasteiger partial charge in [-0.2, -0.15) is 0 Å². The number of hydrogen-bond donors (Lipinski definition) is 1. The van der Waals surface area contributed by atoms with Gasteiger partial charge in [0.05, 0.1) is 5.56 Å². The molecule has 0 saturated carbocycles. The molecule has 0 bridgehead atoms. The highest BCUT2D eigenvalue weighted by Gasteiger charge is 2.26. The predicted octanol–water partition coefficient (Wildman–Crippen LogP) is 1.92. The number of amides is 2. The Morgan fingerprint density at radius 1 is 1.05 bits per heavy atom. The van der Waals surface area contributed by atoms with Crippen LogP contribution >= 0.6 is 12.6 Å². The highest BCUT2D eigenvalue weighted by molar-refractivity contribution is 7.80. The zero-order chi connectivity index (χ0) is 14.7. The highest BCUT2D eigenvalue weighted by Crippen LogP contribution is 2.17. The summed E-state index contributed by atoms with van der Waals surface area (Å²) in [6.07, 6.45) is 0. The minimum atomic E-state index is -0.00718. The molecular weight excluding hydrogens is 272 g/mol. The van der Waals surface area contributed by atoms with E-state index in [0.717, 1.165) is 0 Å². The molecule has 20 heavy (non-hydrogen) atoms. The average Bonchev–Trinajstić information content (AvgIpc) is 2.46. The van der Waals surface area contributed by atoms with Crippen LogP contribution in [0.2, 0.25) is 0 Å². The number of piperazine rings is 1. The zero-order valence-electron chi connectivity index (χ0n) is 11.9. The molecule has 0 N–H and O–H groups in total. The molecule has 0 radical (unpaired) electrons. The van der Waals surface area contributed by atoms with Crippen LogP contribution in [0.3, 0.4) is 0 Å². The average molecular weight is 292 g/mol. The van der Waals surface area contributed by atoms with Crippen molar-refractivity contribution < 1.29 is 9.59 Å². The largest absolute Gasteiger partial charge is 0.339 e. The molecule has 1 heterocycles. The Labute approximate surface area is 125 Å². The second-order valence-corrected chi connectivity index (χ2v) is 5.77. The van der Waals surface area contributed by atoms with Crippen LogP contribution in [0.25, 0.3) is 0 Å². The van der Waals surface area contributed by atoms with E-state index in [-0.39, 0.29) is 17.7 Å². The number of thiol groups is 1. The highest BCUT2D eigenvalue weighted by atomic mass is 32.1. The van der Waals surface area contributed by atoms with E-state index >= 15 is 0 Å². The van der Waals surface area contributed by atoms with Crippen LogP contribution in [0.15, 0.2) is 29.2 Å². The zero-order valence-corrected chi connectivity index (χ0v) is 12.8. The lowest BCUT2D eigenvalue weighted by Gasteiger charge is -2.35. The smallest absolute Gasteiger partial charge is 0.255 e. The van der Waals surface area contributed by atoms with Gasteiger partial charge in [0.1, 0.15) is 0 Å². The van der Waals surface area contributed by atoms with Crippen LogP contribution in [0, 0.1) is 5.92 Å². The van der Waals surface area contributed by atoms with E-state index in [1.54, 1.807) is 11.0 Å². The molecule has 1 aromatic rings. The van der Waals surface area contributed by atoms with Crippen molar-refractivity contribution in [2.75, 3.05) is 26.2 Å². The Morgan fingerprint density at radius 2 is 1.60 bits per heavy atom. The summed E-state index contributed by atoms with van der Waals surface area (Å²) >= 11 is 4.32. The lowest BCUT2D eigenvalue weighted by Crippen LogP contribution is -2.51. The van der Waals surface area contributed by atoms with Crippen molar-refractivity contribution in [3.8, 4) is 0 Å². The Bertz CT molecular complexity index is 508. The van der Waals surface area contributed by atoms with Crippen molar-refractivity contribution in [2.24, 2.45) is 5.92 Å². The molecule has 1 aliphatic heterocycles. The molecule has 5 heteroatoms. The van der Waals surface area contributed by atoms with Gasteiger partial charge < -0.3 is 9.80 Å². The number of rotatable bonds is 2. The third kappa shape index (κ3) is 3.15. The second-order valence-electron chi connectivity index (χ2n) is 5.29. The lowest BCUT2D eigenvalue weighted by atomic mass is 10.1.